The minimum atomic E-state index is 0.224. The number of hydrogen-bond donors (Lipinski definition) is 0. The van der Waals surface area contributed by atoms with Gasteiger partial charge in [-0.05, 0) is 51.0 Å². The molecule has 4 nitrogen and oxygen atoms in total. The summed E-state index contributed by atoms with van der Waals surface area (Å²) in [5.74, 6) is 0.963. The molecule has 180 valence electrons. The molecule has 0 unspecified atom stereocenters. The fourth-order valence-corrected chi connectivity index (χ4v) is 4.70. The zero-order valence-electron chi connectivity index (χ0n) is 21.2. The Morgan fingerprint density at radius 3 is 1.82 bits per heavy atom. The number of ether oxygens (including phenoxy) is 1. The first-order valence-electron chi connectivity index (χ1n) is 12.5. The van der Waals surface area contributed by atoms with Gasteiger partial charge in [-0.1, -0.05) is 60.7 Å². The van der Waals surface area contributed by atoms with Crippen LogP contribution in [0.15, 0.2) is 78.9 Å². The van der Waals surface area contributed by atoms with Crippen molar-refractivity contribution in [3.8, 4) is 5.75 Å². The first-order valence-corrected chi connectivity index (χ1v) is 12.5. The third kappa shape index (κ3) is 6.12. The van der Waals surface area contributed by atoms with Crippen LogP contribution in [0.2, 0.25) is 0 Å². The van der Waals surface area contributed by atoms with Gasteiger partial charge in [0.2, 0.25) is 0 Å². The lowest BCUT2D eigenvalue weighted by Gasteiger charge is -2.43. The second kappa shape index (κ2) is 11.0. The molecule has 3 aromatic rings. The SMILES string of the molecule is CCOc1cc(N2CCN(C(C)(C)C)CC2)ccc1N(Cc1ccccc1)Cc1ccccc1. The topological polar surface area (TPSA) is 19.0 Å². The third-order valence-electron chi connectivity index (χ3n) is 6.61. The fraction of sp³-hybridized carbons (Fsp3) is 0.400. The lowest BCUT2D eigenvalue weighted by atomic mass is 10.0. The summed E-state index contributed by atoms with van der Waals surface area (Å²) >= 11 is 0. The van der Waals surface area contributed by atoms with Gasteiger partial charge in [-0.15, -0.1) is 0 Å². The monoisotopic (exact) mass is 457 g/mol. The van der Waals surface area contributed by atoms with Crippen molar-refractivity contribution >= 4 is 11.4 Å². The zero-order chi connectivity index (χ0) is 24.0. The van der Waals surface area contributed by atoms with Crippen LogP contribution in [0, 0.1) is 0 Å². The van der Waals surface area contributed by atoms with E-state index >= 15 is 0 Å². The van der Waals surface area contributed by atoms with E-state index in [4.69, 9.17) is 4.74 Å². The Hall–Kier alpha value is -2.98. The molecule has 0 saturated carbocycles. The maximum absolute atomic E-state index is 6.22. The van der Waals surface area contributed by atoms with Gasteiger partial charge < -0.3 is 14.5 Å². The van der Waals surface area contributed by atoms with E-state index in [0.29, 0.717) is 6.61 Å². The Kier molecular flexibility index (Phi) is 7.79. The molecule has 1 aliphatic rings. The second-order valence-electron chi connectivity index (χ2n) is 10.1. The van der Waals surface area contributed by atoms with Crippen molar-refractivity contribution in [1.29, 1.82) is 0 Å². The van der Waals surface area contributed by atoms with E-state index in [1.165, 1.54) is 16.8 Å². The van der Waals surface area contributed by atoms with Crippen LogP contribution in [-0.2, 0) is 13.1 Å². The van der Waals surface area contributed by atoms with Crippen LogP contribution in [0.1, 0.15) is 38.8 Å². The summed E-state index contributed by atoms with van der Waals surface area (Å²) in [5.41, 5.74) is 5.21. The average Bonchev–Trinajstić information content (AvgIpc) is 2.85. The zero-order valence-corrected chi connectivity index (χ0v) is 21.2. The quantitative estimate of drug-likeness (QED) is 0.400. The summed E-state index contributed by atoms with van der Waals surface area (Å²) in [6.45, 7) is 15.6. The Balaban J connectivity index is 1.60. The summed E-state index contributed by atoms with van der Waals surface area (Å²) < 4.78 is 6.22. The van der Waals surface area contributed by atoms with Crippen molar-refractivity contribution in [2.45, 2.75) is 46.3 Å². The van der Waals surface area contributed by atoms with Crippen LogP contribution in [0.25, 0.3) is 0 Å². The van der Waals surface area contributed by atoms with E-state index in [9.17, 15) is 0 Å². The summed E-state index contributed by atoms with van der Waals surface area (Å²) in [7, 11) is 0. The minimum absolute atomic E-state index is 0.224. The van der Waals surface area contributed by atoms with E-state index in [1.54, 1.807) is 0 Å². The van der Waals surface area contributed by atoms with E-state index in [-0.39, 0.29) is 5.54 Å². The fourth-order valence-electron chi connectivity index (χ4n) is 4.70. The van der Waals surface area contributed by atoms with Crippen LogP contribution in [0.5, 0.6) is 5.75 Å². The molecule has 0 atom stereocenters. The molecule has 0 radical (unpaired) electrons. The van der Waals surface area contributed by atoms with Crippen molar-refractivity contribution in [2.24, 2.45) is 0 Å². The van der Waals surface area contributed by atoms with E-state index in [2.05, 4.69) is 121 Å². The first kappa shape index (κ1) is 24.2. The molecule has 4 heteroatoms. The molecule has 0 spiro atoms. The summed E-state index contributed by atoms with van der Waals surface area (Å²) in [6.07, 6.45) is 0. The Morgan fingerprint density at radius 2 is 1.32 bits per heavy atom. The van der Waals surface area contributed by atoms with E-state index in [0.717, 1.165) is 50.7 Å². The lowest BCUT2D eigenvalue weighted by Crippen LogP contribution is -2.53. The van der Waals surface area contributed by atoms with Gasteiger partial charge in [-0.2, -0.15) is 0 Å². The van der Waals surface area contributed by atoms with Crippen LogP contribution < -0.4 is 14.5 Å². The van der Waals surface area contributed by atoms with E-state index in [1.807, 2.05) is 0 Å². The molecule has 1 saturated heterocycles. The predicted octanol–water partition coefficient (Wildman–Crippen LogP) is 6.21. The van der Waals surface area contributed by atoms with Gasteiger partial charge >= 0.3 is 0 Å². The standard InChI is InChI=1S/C30H39N3O/c1-5-34-29-22-27(31-18-20-33(21-19-31)30(2,3)4)16-17-28(29)32(23-25-12-8-6-9-13-25)24-26-14-10-7-11-15-26/h6-17,22H,5,18-21,23-24H2,1-4H3. The normalized spacial score (nSPS) is 14.8. The van der Waals surface area contributed by atoms with Gasteiger partial charge in [-0.25, -0.2) is 0 Å². The van der Waals surface area contributed by atoms with Crippen LogP contribution in [0.3, 0.4) is 0 Å². The molecule has 0 aliphatic carbocycles. The number of hydrogen-bond acceptors (Lipinski definition) is 4. The van der Waals surface area contributed by atoms with Gasteiger partial charge in [0, 0.05) is 56.6 Å². The smallest absolute Gasteiger partial charge is 0.144 e. The highest BCUT2D eigenvalue weighted by Gasteiger charge is 2.26. The molecule has 0 N–H and O–H groups in total. The maximum Gasteiger partial charge on any atom is 0.144 e. The number of anilines is 2. The first-order chi connectivity index (χ1) is 16.4. The Bertz CT molecular complexity index is 980. The van der Waals surface area contributed by atoms with Crippen LogP contribution >= 0.6 is 0 Å². The van der Waals surface area contributed by atoms with Gasteiger partial charge in [0.25, 0.3) is 0 Å². The molecule has 34 heavy (non-hydrogen) atoms. The molecular weight excluding hydrogens is 418 g/mol. The maximum atomic E-state index is 6.22. The van der Waals surface area contributed by atoms with Gasteiger partial charge in [0.05, 0.1) is 12.3 Å². The lowest BCUT2D eigenvalue weighted by molar-refractivity contribution is 0.128. The molecular formula is C30H39N3O. The van der Waals surface area contributed by atoms with Gasteiger partial charge in [-0.3, -0.25) is 4.90 Å². The summed E-state index contributed by atoms with van der Waals surface area (Å²) in [5, 5.41) is 0. The molecule has 1 fully saturated rings. The highest BCUT2D eigenvalue weighted by Crippen LogP contribution is 2.35. The third-order valence-corrected chi connectivity index (χ3v) is 6.61. The number of benzene rings is 3. The van der Waals surface area contributed by atoms with Crippen LogP contribution in [-0.4, -0.2) is 43.2 Å². The highest BCUT2D eigenvalue weighted by molar-refractivity contribution is 5.66. The van der Waals surface area contributed by atoms with Crippen molar-refractivity contribution in [1.82, 2.24) is 4.90 Å². The molecule has 4 rings (SSSR count). The Labute approximate surface area is 205 Å². The number of nitrogens with zero attached hydrogens (tertiary/aromatic N) is 3. The largest absolute Gasteiger partial charge is 0.492 e. The minimum Gasteiger partial charge on any atom is -0.492 e. The van der Waals surface area contributed by atoms with Crippen molar-refractivity contribution < 1.29 is 4.74 Å². The van der Waals surface area contributed by atoms with Gasteiger partial charge in [0.15, 0.2) is 0 Å². The molecule has 0 bridgehead atoms. The molecule has 1 aliphatic heterocycles. The second-order valence-corrected chi connectivity index (χ2v) is 10.1. The molecule has 1 heterocycles. The van der Waals surface area contributed by atoms with Crippen molar-refractivity contribution in [3.63, 3.8) is 0 Å². The number of rotatable bonds is 8. The van der Waals surface area contributed by atoms with Crippen LogP contribution in [0.4, 0.5) is 11.4 Å². The summed E-state index contributed by atoms with van der Waals surface area (Å²) in [6, 6.07) is 28.1. The number of piperazine rings is 1. The predicted molar refractivity (Wildman–Crippen MR) is 144 cm³/mol. The summed E-state index contributed by atoms with van der Waals surface area (Å²) in [4.78, 5) is 7.49. The van der Waals surface area contributed by atoms with Crippen molar-refractivity contribution in [2.75, 3.05) is 42.6 Å². The highest BCUT2D eigenvalue weighted by atomic mass is 16.5. The van der Waals surface area contributed by atoms with Crippen molar-refractivity contribution in [3.05, 3.63) is 90.0 Å². The molecule has 0 amide bonds. The van der Waals surface area contributed by atoms with E-state index < -0.39 is 0 Å². The average molecular weight is 458 g/mol. The Morgan fingerprint density at radius 1 is 0.765 bits per heavy atom. The molecule has 3 aromatic carbocycles. The molecule has 0 aromatic heterocycles. The van der Waals surface area contributed by atoms with Gasteiger partial charge in [0.1, 0.15) is 5.75 Å².